The highest BCUT2D eigenvalue weighted by molar-refractivity contribution is 7.99. The van der Waals surface area contributed by atoms with Gasteiger partial charge in [-0.25, -0.2) is 12.8 Å². The molecule has 2 heterocycles. The van der Waals surface area contributed by atoms with Gasteiger partial charge in [-0.1, -0.05) is 11.8 Å². The molecule has 1 aliphatic heterocycles. The van der Waals surface area contributed by atoms with Crippen LogP contribution in [-0.2, 0) is 21.7 Å². The Kier molecular flexibility index (Phi) is 5.33. The van der Waals surface area contributed by atoms with E-state index in [2.05, 4.69) is 10.2 Å². The summed E-state index contributed by atoms with van der Waals surface area (Å²) in [6.07, 6.45) is 0.480. The monoisotopic (exact) mass is 398 g/mol. The second-order valence-corrected chi connectivity index (χ2v) is 9.39. The molecule has 1 aromatic heterocycles. The molecule has 1 atom stereocenters. The number of carbonyl (C=O) groups excluding carboxylic acids is 1. The van der Waals surface area contributed by atoms with Gasteiger partial charge in [0.2, 0.25) is 5.91 Å². The van der Waals surface area contributed by atoms with E-state index >= 15 is 0 Å². The molecular weight excluding hydrogens is 379 g/mol. The van der Waals surface area contributed by atoms with Crippen molar-refractivity contribution in [3.63, 3.8) is 0 Å². The molecule has 0 radical (unpaired) electrons. The summed E-state index contributed by atoms with van der Waals surface area (Å²) in [6.45, 7) is 0. The van der Waals surface area contributed by atoms with Gasteiger partial charge in [0, 0.05) is 25.7 Å². The van der Waals surface area contributed by atoms with Crippen LogP contribution in [0.15, 0.2) is 29.4 Å². The van der Waals surface area contributed by atoms with Crippen LogP contribution >= 0.6 is 11.8 Å². The number of halogens is 1. The highest BCUT2D eigenvalue weighted by Gasteiger charge is 2.32. The highest BCUT2D eigenvalue weighted by atomic mass is 32.2. The second-order valence-electron chi connectivity index (χ2n) is 6.22. The van der Waals surface area contributed by atoms with Gasteiger partial charge in [-0.15, -0.1) is 10.2 Å². The van der Waals surface area contributed by atoms with E-state index in [1.807, 2.05) is 0 Å². The van der Waals surface area contributed by atoms with Gasteiger partial charge in [-0.05, 0) is 30.7 Å². The third kappa shape index (κ3) is 4.07. The number of amides is 1. The minimum Gasteiger partial charge on any atom is -0.341 e. The van der Waals surface area contributed by atoms with Crippen molar-refractivity contribution in [1.29, 1.82) is 0 Å². The lowest BCUT2D eigenvalue weighted by Crippen LogP contribution is -2.38. The Morgan fingerprint density at radius 3 is 2.65 bits per heavy atom. The molecular formula is C16H19FN4O3S2. The van der Waals surface area contributed by atoms with Crippen molar-refractivity contribution in [2.45, 2.75) is 17.6 Å². The first-order valence-corrected chi connectivity index (χ1v) is 10.8. The first kappa shape index (κ1) is 18.8. The fraction of sp³-hybridized carbons (Fsp3) is 0.438. The third-order valence-corrected chi connectivity index (χ3v) is 7.17. The molecule has 0 bridgehead atoms. The summed E-state index contributed by atoms with van der Waals surface area (Å²) in [5.41, 5.74) is 0.729. The minimum absolute atomic E-state index is 0.0264. The van der Waals surface area contributed by atoms with Crippen molar-refractivity contribution in [1.82, 2.24) is 19.7 Å². The molecule has 3 rings (SSSR count). The number of hydrogen-bond donors (Lipinski definition) is 0. The first-order valence-electron chi connectivity index (χ1n) is 8.01. The SMILES string of the molecule is CN(C(=O)CSc1nnc(-c2ccc(F)cc2)n1C)[C@H]1CCS(=O)(=O)C1. The first-order chi connectivity index (χ1) is 12.3. The maximum atomic E-state index is 13.0. The van der Waals surface area contributed by atoms with E-state index in [-0.39, 0.29) is 35.0 Å². The van der Waals surface area contributed by atoms with E-state index in [1.54, 1.807) is 30.8 Å². The smallest absolute Gasteiger partial charge is 0.233 e. The van der Waals surface area contributed by atoms with Crippen LogP contribution in [0.1, 0.15) is 6.42 Å². The molecule has 1 saturated heterocycles. The average molecular weight is 398 g/mol. The Morgan fingerprint density at radius 2 is 2.04 bits per heavy atom. The zero-order chi connectivity index (χ0) is 18.9. The zero-order valence-corrected chi connectivity index (χ0v) is 16.1. The maximum Gasteiger partial charge on any atom is 0.233 e. The topological polar surface area (TPSA) is 85.2 Å². The average Bonchev–Trinajstić information content (AvgIpc) is 3.15. The van der Waals surface area contributed by atoms with Crippen LogP contribution in [0.5, 0.6) is 0 Å². The summed E-state index contributed by atoms with van der Waals surface area (Å²) in [4.78, 5) is 13.9. The van der Waals surface area contributed by atoms with Crippen molar-refractivity contribution in [3.8, 4) is 11.4 Å². The number of thioether (sulfide) groups is 1. The second kappa shape index (κ2) is 7.36. The van der Waals surface area contributed by atoms with Crippen LogP contribution in [0, 0.1) is 5.82 Å². The number of nitrogens with zero attached hydrogens (tertiary/aromatic N) is 4. The summed E-state index contributed by atoms with van der Waals surface area (Å²) in [7, 11) is 0.378. The summed E-state index contributed by atoms with van der Waals surface area (Å²) in [6, 6.07) is 5.68. The maximum absolute atomic E-state index is 13.0. The standard InChI is InChI=1S/C16H19FN4O3S2/c1-20(13-7-8-26(23,24)10-13)14(22)9-25-16-19-18-15(21(16)2)11-3-5-12(17)6-4-11/h3-6,13H,7-10H2,1-2H3/t13-/m0/s1. The molecule has 1 fully saturated rings. The number of aromatic nitrogens is 3. The number of rotatable bonds is 5. The number of hydrogen-bond acceptors (Lipinski definition) is 6. The molecule has 7 nitrogen and oxygen atoms in total. The van der Waals surface area contributed by atoms with Gasteiger partial charge in [0.1, 0.15) is 5.82 Å². The molecule has 0 aliphatic carbocycles. The Morgan fingerprint density at radius 1 is 1.35 bits per heavy atom. The Bertz CT molecular complexity index is 912. The van der Waals surface area contributed by atoms with Crippen molar-refractivity contribution in [2.24, 2.45) is 7.05 Å². The van der Waals surface area contributed by atoms with Crippen molar-refractivity contribution < 1.29 is 17.6 Å². The number of sulfone groups is 1. The van der Waals surface area contributed by atoms with E-state index in [1.165, 1.54) is 28.8 Å². The van der Waals surface area contributed by atoms with Gasteiger partial charge >= 0.3 is 0 Å². The Labute approximate surface area is 155 Å². The van der Waals surface area contributed by atoms with Gasteiger partial charge < -0.3 is 9.47 Å². The third-order valence-electron chi connectivity index (χ3n) is 4.41. The Hall–Kier alpha value is -1.94. The highest BCUT2D eigenvalue weighted by Crippen LogP contribution is 2.24. The van der Waals surface area contributed by atoms with Crippen LogP contribution < -0.4 is 0 Å². The summed E-state index contributed by atoms with van der Waals surface area (Å²) < 4.78 is 37.9. The van der Waals surface area contributed by atoms with E-state index < -0.39 is 9.84 Å². The van der Waals surface area contributed by atoms with Crippen LogP contribution in [-0.4, -0.2) is 64.3 Å². The summed E-state index contributed by atoms with van der Waals surface area (Å²) in [5, 5.41) is 8.74. The molecule has 0 unspecified atom stereocenters. The van der Waals surface area contributed by atoms with Crippen LogP contribution in [0.2, 0.25) is 0 Å². The molecule has 2 aromatic rings. The lowest BCUT2D eigenvalue weighted by atomic mass is 10.2. The number of carbonyl (C=O) groups is 1. The van der Waals surface area contributed by atoms with Gasteiger partial charge in [-0.2, -0.15) is 0 Å². The quantitative estimate of drug-likeness (QED) is 0.707. The van der Waals surface area contributed by atoms with Gasteiger partial charge in [0.15, 0.2) is 20.8 Å². The predicted octanol–water partition coefficient (Wildman–Crippen LogP) is 1.36. The van der Waals surface area contributed by atoms with Crippen LogP contribution in [0.4, 0.5) is 4.39 Å². The normalized spacial score (nSPS) is 18.8. The molecule has 1 aromatic carbocycles. The molecule has 1 amide bonds. The fourth-order valence-corrected chi connectivity index (χ4v) is 5.41. The van der Waals surface area contributed by atoms with Gasteiger partial charge in [0.05, 0.1) is 17.3 Å². The molecule has 0 N–H and O–H groups in total. The molecule has 1 aliphatic rings. The molecule has 10 heteroatoms. The Balaban J connectivity index is 1.63. The van der Waals surface area contributed by atoms with Crippen molar-refractivity contribution >= 4 is 27.5 Å². The number of benzene rings is 1. The van der Waals surface area contributed by atoms with Gasteiger partial charge in [-0.3, -0.25) is 4.79 Å². The van der Waals surface area contributed by atoms with Gasteiger partial charge in [0.25, 0.3) is 0 Å². The van der Waals surface area contributed by atoms with E-state index in [0.29, 0.717) is 17.4 Å². The van der Waals surface area contributed by atoms with Crippen LogP contribution in [0.25, 0.3) is 11.4 Å². The predicted molar refractivity (Wildman–Crippen MR) is 96.9 cm³/mol. The largest absolute Gasteiger partial charge is 0.341 e. The molecule has 0 saturated carbocycles. The minimum atomic E-state index is -3.03. The fourth-order valence-electron chi connectivity index (χ4n) is 2.80. The lowest BCUT2D eigenvalue weighted by molar-refractivity contribution is -0.128. The zero-order valence-electron chi connectivity index (χ0n) is 14.4. The van der Waals surface area contributed by atoms with Crippen LogP contribution in [0.3, 0.4) is 0 Å². The van der Waals surface area contributed by atoms with E-state index in [4.69, 9.17) is 0 Å². The molecule has 0 spiro atoms. The summed E-state index contributed by atoms with van der Waals surface area (Å²) >= 11 is 1.24. The van der Waals surface area contributed by atoms with E-state index in [0.717, 1.165) is 5.56 Å². The van der Waals surface area contributed by atoms with Crippen molar-refractivity contribution in [2.75, 3.05) is 24.3 Å². The van der Waals surface area contributed by atoms with E-state index in [9.17, 15) is 17.6 Å². The van der Waals surface area contributed by atoms with Crippen molar-refractivity contribution in [3.05, 3.63) is 30.1 Å². The molecule has 140 valence electrons. The lowest BCUT2D eigenvalue weighted by Gasteiger charge is -2.23. The molecule has 26 heavy (non-hydrogen) atoms. The summed E-state index contributed by atoms with van der Waals surface area (Å²) in [5.74, 6) is 0.403.